The zero-order valence-corrected chi connectivity index (χ0v) is 19.6. The molecule has 2 heterocycles. The molecule has 0 aliphatic rings. The van der Waals surface area contributed by atoms with Crippen molar-refractivity contribution >= 4 is 15.7 Å². The van der Waals surface area contributed by atoms with Crippen LogP contribution in [0, 0.1) is 0 Å². The summed E-state index contributed by atoms with van der Waals surface area (Å²) in [7, 11) is 0.735. The second kappa shape index (κ2) is 9.93. The molecule has 0 radical (unpaired) electrons. The molecule has 0 saturated heterocycles. The molecule has 0 atom stereocenters. The number of nitrogens with one attached hydrogen (secondary N) is 1. The standard InChI is InChI=1S/C22H23N5O6S/c1-30-16-6-4-5-15(13-16)22-25-24-20-9-10-21(26-27(20)22)33-12-11-23-34(28,29)17-7-8-18(31-2)19(14-17)32-3/h4-10,13-14,23H,11-12H2,1-3H3. The van der Waals surface area contributed by atoms with Crippen LogP contribution in [0.4, 0.5) is 0 Å². The van der Waals surface area contributed by atoms with E-state index in [0.29, 0.717) is 34.6 Å². The molecule has 4 rings (SSSR count). The lowest BCUT2D eigenvalue weighted by Crippen LogP contribution is -2.28. The molecule has 0 spiro atoms. The third-order valence-corrected chi connectivity index (χ3v) is 6.33. The molecule has 0 aliphatic carbocycles. The molecule has 34 heavy (non-hydrogen) atoms. The molecule has 2 aromatic heterocycles. The highest BCUT2D eigenvalue weighted by Gasteiger charge is 2.17. The van der Waals surface area contributed by atoms with E-state index >= 15 is 0 Å². The molecule has 4 aromatic rings. The predicted octanol–water partition coefficient (Wildman–Crippen LogP) is 2.17. The molecule has 1 N–H and O–H groups in total. The molecule has 12 heteroatoms. The monoisotopic (exact) mass is 485 g/mol. The molecule has 0 fully saturated rings. The first kappa shape index (κ1) is 23.3. The van der Waals surface area contributed by atoms with Gasteiger partial charge in [0, 0.05) is 24.2 Å². The number of aromatic nitrogens is 4. The molecule has 0 aliphatic heterocycles. The van der Waals surface area contributed by atoms with Crippen LogP contribution in [-0.2, 0) is 10.0 Å². The fraction of sp³-hybridized carbons (Fsp3) is 0.227. The molecular weight excluding hydrogens is 462 g/mol. The van der Waals surface area contributed by atoms with Gasteiger partial charge in [-0.1, -0.05) is 12.1 Å². The van der Waals surface area contributed by atoms with Gasteiger partial charge in [0.2, 0.25) is 15.9 Å². The predicted molar refractivity (Wildman–Crippen MR) is 123 cm³/mol. The molecular formula is C22H23N5O6S. The number of hydrogen-bond donors (Lipinski definition) is 1. The van der Waals surface area contributed by atoms with Crippen molar-refractivity contribution in [3.8, 4) is 34.5 Å². The Kier molecular flexibility index (Phi) is 6.80. The SMILES string of the molecule is COc1cccc(-c2nnc3ccc(OCCNS(=O)(=O)c4ccc(OC)c(OC)c4)nn23)c1. The number of ether oxygens (including phenoxy) is 4. The summed E-state index contributed by atoms with van der Waals surface area (Å²) in [6, 6.07) is 15.1. The van der Waals surface area contributed by atoms with Crippen LogP contribution in [0.1, 0.15) is 0 Å². The van der Waals surface area contributed by atoms with Crippen molar-refractivity contribution in [2.24, 2.45) is 0 Å². The van der Waals surface area contributed by atoms with E-state index in [9.17, 15) is 8.42 Å². The smallest absolute Gasteiger partial charge is 0.240 e. The van der Waals surface area contributed by atoms with Crippen LogP contribution in [0.15, 0.2) is 59.5 Å². The van der Waals surface area contributed by atoms with Crippen molar-refractivity contribution in [1.82, 2.24) is 24.5 Å². The number of methoxy groups -OCH3 is 3. The van der Waals surface area contributed by atoms with Gasteiger partial charge in [0.15, 0.2) is 23.0 Å². The zero-order chi connectivity index (χ0) is 24.1. The van der Waals surface area contributed by atoms with Gasteiger partial charge in [-0.05, 0) is 30.3 Å². The third kappa shape index (κ3) is 4.87. The Hall–Kier alpha value is -3.90. The van der Waals surface area contributed by atoms with E-state index in [0.717, 1.165) is 5.56 Å². The van der Waals surface area contributed by atoms with Crippen LogP contribution in [0.25, 0.3) is 17.0 Å². The highest BCUT2D eigenvalue weighted by Crippen LogP contribution is 2.29. The van der Waals surface area contributed by atoms with Gasteiger partial charge in [0.1, 0.15) is 12.4 Å². The van der Waals surface area contributed by atoms with Gasteiger partial charge in [0.25, 0.3) is 0 Å². The van der Waals surface area contributed by atoms with E-state index in [1.54, 1.807) is 23.8 Å². The van der Waals surface area contributed by atoms with Crippen LogP contribution in [-0.4, -0.2) is 62.7 Å². The van der Waals surface area contributed by atoms with Crippen molar-refractivity contribution < 1.29 is 27.4 Å². The number of benzene rings is 2. The molecule has 0 unspecified atom stereocenters. The Morgan fingerprint density at radius 2 is 1.74 bits per heavy atom. The van der Waals surface area contributed by atoms with Gasteiger partial charge in [-0.25, -0.2) is 13.1 Å². The van der Waals surface area contributed by atoms with Gasteiger partial charge in [-0.2, -0.15) is 4.52 Å². The Balaban J connectivity index is 1.43. The molecule has 178 valence electrons. The Bertz CT molecular complexity index is 1410. The van der Waals surface area contributed by atoms with Gasteiger partial charge < -0.3 is 18.9 Å². The van der Waals surface area contributed by atoms with Crippen molar-refractivity contribution in [2.75, 3.05) is 34.5 Å². The minimum atomic E-state index is -3.77. The number of rotatable bonds is 10. The van der Waals surface area contributed by atoms with Gasteiger partial charge >= 0.3 is 0 Å². The van der Waals surface area contributed by atoms with Gasteiger partial charge in [-0.15, -0.1) is 15.3 Å². The Labute approximate surface area is 196 Å². The van der Waals surface area contributed by atoms with Gasteiger partial charge in [0.05, 0.1) is 26.2 Å². The van der Waals surface area contributed by atoms with Crippen molar-refractivity contribution in [2.45, 2.75) is 4.90 Å². The normalized spacial score (nSPS) is 11.4. The second-order valence-electron chi connectivity index (χ2n) is 6.96. The summed E-state index contributed by atoms with van der Waals surface area (Å²) < 4.78 is 50.5. The first-order valence-corrected chi connectivity index (χ1v) is 11.6. The largest absolute Gasteiger partial charge is 0.497 e. The van der Waals surface area contributed by atoms with E-state index < -0.39 is 10.0 Å². The fourth-order valence-electron chi connectivity index (χ4n) is 3.19. The Morgan fingerprint density at radius 3 is 2.50 bits per heavy atom. The lowest BCUT2D eigenvalue weighted by molar-refractivity contribution is 0.306. The maximum atomic E-state index is 12.6. The Morgan fingerprint density at radius 1 is 0.912 bits per heavy atom. The molecule has 2 aromatic carbocycles. The number of sulfonamides is 1. The van der Waals surface area contributed by atoms with Crippen LogP contribution in [0.5, 0.6) is 23.1 Å². The fourth-order valence-corrected chi connectivity index (χ4v) is 4.22. The first-order valence-electron chi connectivity index (χ1n) is 10.2. The lowest BCUT2D eigenvalue weighted by atomic mass is 10.2. The van der Waals surface area contributed by atoms with E-state index in [1.807, 2.05) is 24.3 Å². The minimum absolute atomic E-state index is 0.0291. The number of hydrogen-bond acceptors (Lipinski definition) is 9. The summed E-state index contributed by atoms with van der Waals surface area (Å²) in [5.74, 6) is 2.26. The highest BCUT2D eigenvalue weighted by atomic mass is 32.2. The summed E-state index contributed by atoms with van der Waals surface area (Å²) in [5.41, 5.74) is 1.32. The topological polar surface area (TPSA) is 126 Å². The lowest BCUT2D eigenvalue weighted by Gasteiger charge is -2.11. The first-order chi connectivity index (χ1) is 16.4. The summed E-state index contributed by atoms with van der Waals surface area (Å²) in [4.78, 5) is 0.0529. The molecule has 11 nitrogen and oxygen atoms in total. The van der Waals surface area contributed by atoms with E-state index in [-0.39, 0.29) is 18.0 Å². The van der Waals surface area contributed by atoms with Gasteiger partial charge in [-0.3, -0.25) is 0 Å². The van der Waals surface area contributed by atoms with Crippen LogP contribution >= 0.6 is 0 Å². The van der Waals surface area contributed by atoms with Crippen LogP contribution in [0.2, 0.25) is 0 Å². The van der Waals surface area contributed by atoms with E-state index in [2.05, 4.69) is 20.0 Å². The molecule has 0 bridgehead atoms. The minimum Gasteiger partial charge on any atom is -0.497 e. The van der Waals surface area contributed by atoms with E-state index in [4.69, 9.17) is 18.9 Å². The molecule has 0 amide bonds. The molecule has 0 saturated carbocycles. The van der Waals surface area contributed by atoms with Crippen molar-refractivity contribution in [3.63, 3.8) is 0 Å². The number of nitrogens with zero attached hydrogens (tertiary/aromatic N) is 4. The van der Waals surface area contributed by atoms with Crippen LogP contribution in [0.3, 0.4) is 0 Å². The maximum Gasteiger partial charge on any atom is 0.240 e. The average Bonchev–Trinajstić information content (AvgIpc) is 3.29. The zero-order valence-electron chi connectivity index (χ0n) is 18.8. The van der Waals surface area contributed by atoms with Crippen molar-refractivity contribution in [1.29, 1.82) is 0 Å². The summed E-state index contributed by atoms with van der Waals surface area (Å²) in [5, 5.41) is 12.7. The summed E-state index contributed by atoms with van der Waals surface area (Å²) >= 11 is 0. The van der Waals surface area contributed by atoms with Crippen molar-refractivity contribution in [3.05, 3.63) is 54.6 Å². The summed E-state index contributed by atoms with van der Waals surface area (Å²) in [6.45, 7) is 0.0863. The quantitative estimate of drug-likeness (QED) is 0.336. The second-order valence-corrected chi connectivity index (χ2v) is 8.73. The third-order valence-electron chi connectivity index (χ3n) is 4.88. The highest BCUT2D eigenvalue weighted by molar-refractivity contribution is 7.89. The number of fused-ring (bicyclic) bond motifs is 1. The van der Waals surface area contributed by atoms with Crippen LogP contribution < -0.4 is 23.7 Å². The summed E-state index contributed by atoms with van der Waals surface area (Å²) in [6.07, 6.45) is 0. The average molecular weight is 486 g/mol. The van der Waals surface area contributed by atoms with E-state index in [1.165, 1.54) is 32.4 Å². The maximum absolute atomic E-state index is 12.6.